The van der Waals surface area contributed by atoms with E-state index in [0.717, 1.165) is 19.3 Å². The first kappa shape index (κ1) is 13.5. The largest absolute Gasteiger partial charge is 0.360 e. The van der Waals surface area contributed by atoms with Crippen molar-refractivity contribution in [2.75, 3.05) is 13.1 Å². The van der Waals surface area contributed by atoms with Crippen molar-refractivity contribution in [3.8, 4) is 0 Å². The molecule has 1 aliphatic rings. The van der Waals surface area contributed by atoms with Crippen molar-refractivity contribution >= 4 is 10.0 Å². The van der Waals surface area contributed by atoms with Gasteiger partial charge in [0.25, 0.3) is 0 Å². The Morgan fingerprint density at radius 3 is 2.72 bits per heavy atom. The molecule has 0 unspecified atom stereocenters. The summed E-state index contributed by atoms with van der Waals surface area (Å²) in [6.07, 6.45) is 3.07. The molecular formula is C12H20N2O3S. The molecule has 2 heterocycles. The van der Waals surface area contributed by atoms with Gasteiger partial charge >= 0.3 is 0 Å². The first-order chi connectivity index (χ1) is 8.46. The SMILES string of the molecule is CC[C@H]1CCCN(S(=O)(=O)c2c(C)noc2C)C1. The Hall–Kier alpha value is -0.880. The van der Waals surface area contributed by atoms with Crippen molar-refractivity contribution in [3.63, 3.8) is 0 Å². The lowest BCUT2D eigenvalue weighted by Gasteiger charge is -2.31. The fraction of sp³-hybridized carbons (Fsp3) is 0.750. The fourth-order valence-electron chi connectivity index (χ4n) is 2.55. The van der Waals surface area contributed by atoms with E-state index < -0.39 is 10.0 Å². The monoisotopic (exact) mass is 272 g/mol. The van der Waals surface area contributed by atoms with Gasteiger partial charge in [-0.3, -0.25) is 0 Å². The van der Waals surface area contributed by atoms with E-state index in [1.807, 2.05) is 0 Å². The van der Waals surface area contributed by atoms with Gasteiger partial charge in [-0.1, -0.05) is 18.5 Å². The summed E-state index contributed by atoms with van der Waals surface area (Å²) in [5, 5.41) is 3.74. The Kier molecular flexibility index (Phi) is 3.77. The van der Waals surface area contributed by atoms with E-state index in [0.29, 0.717) is 30.5 Å². The van der Waals surface area contributed by atoms with Crippen LogP contribution in [0.4, 0.5) is 0 Å². The maximum Gasteiger partial charge on any atom is 0.248 e. The number of sulfonamides is 1. The first-order valence-corrected chi connectivity index (χ1v) is 7.83. The molecule has 0 bridgehead atoms. The number of hydrogen-bond acceptors (Lipinski definition) is 4. The van der Waals surface area contributed by atoms with Gasteiger partial charge in [-0.25, -0.2) is 8.42 Å². The number of hydrogen-bond donors (Lipinski definition) is 0. The van der Waals surface area contributed by atoms with E-state index >= 15 is 0 Å². The van der Waals surface area contributed by atoms with Gasteiger partial charge in [-0.15, -0.1) is 0 Å². The molecule has 0 amide bonds. The van der Waals surface area contributed by atoms with E-state index in [4.69, 9.17) is 4.52 Å². The molecule has 1 fully saturated rings. The zero-order chi connectivity index (χ0) is 13.3. The van der Waals surface area contributed by atoms with E-state index in [2.05, 4.69) is 12.1 Å². The van der Waals surface area contributed by atoms with Crippen LogP contribution in [-0.4, -0.2) is 31.0 Å². The van der Waals surface area contributed by atoms with Gasteiger partial charge in [0.05, 0.1) is 0 Å². The minimum absolute atomic E-state index is 0.249. The summed E-state index contributed by atoms with van der Waals surface area (Å²) >= 11 is 0. The Balaban J connectivity index is 2.31. The highest BCUT2D eigenvalue weighted by Gasteiger charge is 2.33. The Morgan fingerprint density at radius 2 is 2.17 bits per heavy atom. The van der Waals surface area contributed by atoms with Crippen LogP contribution in [0.2, 0.25) is 0 Å². The van der Waals surface area contributed by atoms with Crippen LogP contribution in [0.1, 0.15) is 37.6 Å². The third-order valence-electron chi connectivity index (χ3n) is 3.62. The molecule has 1 saturated heterocycles. The number of aromatic nitrogens is 1. The maximum absolute atomic E-state index is 12.6. The van der Waals surface area contributed by atoms with E-state index in [-0.39, 0.29) is 4.90 Å². The standard InChI is InChI=1S/C12H20N2O3S/c1-4-11-6-5-7-14(8-11)18(15,16)12-9(2)13-17-10(12)3/h11H,4-8H2,1-3H3/t11-/m0/s1. The highest BCUT2D eigenvalue weighted by atomic mass is 32.2. The molecule has 1 aromatic heterocycles. The van der Waals surface area contributed by atoms with Crippen molar-refractivity contribution in [2.45, 2.75) is 44.9 Å². The normalized spacial score (nSPS) is 22.3. The summed E-state index contributed by atoms with van der Waals surface area (Å²) in [7, 11) is -3.45. The molecule has 0 aromatic carbocycles. The highest BCUT2D eigenvalue weighted by molar-refractivity contribution is 7.89. The van der Waals surface area contributed by atoms with E-state index in [9.17, 15) is 8.42 Å². The van der Waals surface area contributed by atoms with E-state index in [1.165, 1.54) is 0 Å². The van der Waals surface area contributed by atoms with Crippen molar-refractivity contribution in [3.05, 3.63) is 11.5 Å². The van der Waals surface area contributed by atoms with Gasteiger partial charge in [-0.05, 0) is 32.6 Å². The van der Waals surface area contributed by atoms with Crippen LogP contribution >= 0.6 is 0 Å². The van der Waals surface area contributed by atoms with E-state index in [1.54, 1.807) is 18.2 Å². The predicted molar refractivity (Wildman–Crippen MR) is 67.8 cm³/mol. The lowest BCUT2D eigenvalue weighted by atomic mass is 9.97. The number of nitrogens with zero attached hydrogens (tertiary/aromatic N) is 2. The van der Waals surface area contributed by atoms with Crippen LogP contribution in [0.5, 0.6) is 0 Å². The molecule has 0 aliphatic carbocycles. The topological polar surface area (TPSA) is 63.4 Å². The summed E-state index contributed by atoms with van der Waals surface area (Å²) in [6, 6.07) is 0. The Morgan fingerprint density at radius 1 is 1.44 bits per heavy atom. The van der Waals surface area contributed by atoms with Gasteiger partial charge in [0.1, 0.15) is 10.6 Å². The third-order valence-corrected chi connectivity index (χ3v) is 5.74. The van der Waals surface area contributed by atoms with Crippen LogP contribution < -0.4 is 0 Å². The molecule has 6 heteroatoms. The van der Waals surface area contributed by atoms with Gasteiger partial charge in [0.15, 0.2) is 5.76 Å². The third kappa shape index (κ3) is 2.31. The molecule has 2 rings (SSSR count). The highest BCUT2D eigenvalue weighted by Crippen LogP contribution is 2.28. The second-order valence-electron chi connectivity index (χ2n) is 4.93. The lowest BCUT2D eigenvalue weighted by Crippen LogP contribution is -2.40. The molecule has 0 spiro atoms. The second kappa shape index (κ2) is 5.01. The van der Waals surface area contributed by atoms with Crippen LogP contribution in [0.15, 0.2) is 9.42 Å². The molecule has 5 nitrogen and oxygen atoms in total. The minimum Gasteiger partial charge on any atom is -0.360 e. The summed E-state index contributed by atoms with van der Waals surface area (Å²) in [4.78, 5) is 0.249. The van der Waals surface area contributed by atoms with Gasteiger partial charge in [0.2, 0.25) is 10.0 Å². The lowest BCUT2D eigenvalue weighted by molar-refractivity contribution is 0.261. The molecule has 102 valence electrons. The first-order valence-electron chi connectivity index (χ1n) is 6.39. The van der Waals surface area contributed by atoms with Crippen LogP contribution in [0.25, 0.3) is 0 Å². The second-order valence-corrected chi connectivity index (χ2v) is 6.81. The average Bonchev–Trinajstić information content (AvgIpc) is 2.69. The number of piperidine rings is 1. The van der Waals surface area contributed by atoms with Crippen molar-refractivity contribution in [1.29, 1.82) is 0 Å². The molecule has 0 saturated carbocycles. The quantitative estimate of drug-likeness (QED) is 0.845. The number of rotatable bonds is 3. The molecule has 0 radical (unpaired) electrons. The van der Waals surface area contributed by atoms with Crippen LogP contribution in [-0.2, 0) is 10.0 Å². The molecule has 1 aliphatic heterocycles. The van der Waals surface area contributed by atoms with Crippen molar-refractivity contribution < 1.29 is 12.9 Å². The zero-order valence-electron chi connectivity index (χ0n) is 11.1. The molecular weight excluding hydrogens is 252 g/mol. The molecule has 18 heavy (non-hydrogen) atoms. The minimum atomic E-state index is -3.45. The average molecular weight is 272 g/mol. The maximum atomic E-state index is 12.6. The predicted octanol–water partition coefficient (Wildman–Crippen LogP) is 2.10. The Labute approximate surface area is 108 Å². The fourth-order valence-corrected chi connectivity index (χ4v) is 4.40. The van der Waals surface area contributed by atoms with Crippen LogP contribution in [0, 0.1) is 19.8 Å². The van der Waals surface area contributed by atoms with Gasteiger partial charge < -0.3 is 4.52 Å². The summed E-state index contributed by atoms with van der Waals surface area (Å²) in [6.45, 7) is 6.64. The molecule has 0 N–H and O–H groups in total. The van der Waals surface area contributed by atoms with Crippen LogP contribution in [0.3, 0.4) is 0 Å². The summed E-state index contributed by atoms with van der Waals surface area (Å²) < 4.78 is 31.7. The van der Waals surface area contributed by atoms with Gasteiger partial charge in [-0.2, -0.15) is 4.31 Å². The zero-order valence-corrected chi connectivity index (χ0v) is 12.0. The Bertz CT molecular complexity index is 502. The molecule has 1 aromatic rings. The van der Waals surface area contributed by atoms with Crippen molar-refractivity contribution in [1.82, 2.24) is 9.46 Å². The summed E-state index contributed by atoms with van der Waals surface area (Å²) in [5.41, 5.74) is 0.450. The molecule has 1 atom stereocenters. The van der Waals surface area contributed by atoms with Gasteiger partial charge in [0, 0.05) is 13.1 Å². The number of aryl methyl sites for hydroxylation is 2. The smallest absolute Gasteiger partial charge is 0.248 e. The summed E-state index contributed by atoms with van der Waals surface area (Å²) in [5.74, 6) is 0.847. The van der Waals surface area contributed by atoms with Crippen molar-refractivity contribution in [2.24, 2.45) is 5.92 Å².